The maximum atomic E-state index is 3.63. The molecule has 2 heteroatoms. The van der Waals surface area contributed by atoms with Crippen molar-refractivity contribution >= 4 is 0 Å². The van der Waals surface area contributed by atoms with Crippen molar-refractivity contribution in [3.8, 4) is 0 Å². The highest BCUT2D eigenvalue weighted by Gasteiger charge is 2.27. The Balaban J connectivity index is 1.64. The number of nitrogens with zero attached hydrogens (tertiary/aromatic N) is 1. The first-order valence-corrected chi connectivity index (χ1v) is 6.60. The molecular formula is C13H26N2. The quantitative estimate of drug-likeness (QED) is 0.692. The zero-order valence-corrected chi connectivity index (χ0v) is 10.5. The number of rotatable bonds is 7. The van der Waals surface area contributed by atoms with Crippen LogP contribution in [0.25, 0.3) is 0 Å². The number of nitrogens with one attached hydrogen (secondary N) is 1. The highest BCUT2D eigenvalue weighted by atomic mass is 15.1. The van der Waals surface area contributed by atoms with E-state index in [9.17, 15) is 0 Å². The molecule has 0 amide bonds. The molecule has 2 saturated carbocycles. The normalized spacial score (nSPS) is 25.6. The molecule has 2 nitrogen and oxygen atoms in total. The van der Waals surface area contributed by atoms with Gasteiger partial charge in [-0.15, -0.1) is 0 Å². The van der Waals surface area contributed by atoms with E-state index >= 15 is 0 Å². The molecular weight excluding hydrogens is 184 g/mol. The lowest BCUT2D eigenvalue weighted by Gasteiger charge is -2.30. The van der Waals surface area contributed by atoms with Crippen molar-refractivity contribution in [1.82, 2.24) is 10.2 Å². The van der Waals surface area contributed by atoms with Crippen LogP contribution in [0.5, 0.6) is 0 Å². The summed E-state index contributed by atoms with van der Waals surface area (Å²) in [7, 11) is 2.29. The molecule has 0 bridgehead atoms. The van der Waals surface area contributed by atoms with Crippen LogP contribution in [0.15, 0.2) is 0 Å². The van der Waals surface area contributed by atoms with Crippen LogP contribution >= 0.6 is 0 Å². The van der Waals surface area contributed by atoms with Gasteiger partial charge >= 0.3 is 0 Å². The van der Waals surface area contributed by atoms with Crippen LogP contribution in [0, 0.1) is 11.8 Å². The van der Waals surface area contributed by atoms with Crippen LogP contribution in [0.2, 0.25) is 0 Å². The standard InChI is InChI=1S/C13H26N2/c1-10(8-14-13-6-7-13)11(2)15(3)9-12-4-5-12/h10-14H,4-9H2,1-3H3. The van der Waals surface area contributed by atoms with Gasteiger partial charge in [-0.2, -0.15) is 0 Å². The Morgan fingerprint density at radius 2 is 1.87 bits per heavy atom. The molecule has 1 N–H and O–H groups in total. The molecule has 2 fully saturated rings. The summed E-state index contributed by atoms with van der Waals surface area (Å²) in [5.41, 5.74) is 0. The van der Waals surface area contributed by atoms with E-state index in [4.69, 9.17) is 0 Å². The molecule has 2 rings (SSSR count). The summed E-state index contributed by atoms with van der Waals surface area (Å²) in [4.78, 5) is 2.55. The fraction of sp³-hybridized carbons (Fsp3) is 1.00. The lowest BCUT2D eigenvalue weighted by molar-refractivity contribution is 0.189. The van der Waals surface area contributed by atoms with Gasteiger partial charge in [-0.25, -0.2) is 0 Å². The average Bonchev–Trinajstić information content (AvgIpc) is 3.06. The summed E-state index contributed by atoms with van der Waals surface area (Å²) in [6.45, 7) is 7.26. The fourth-order valence-corrected chi connectivity index (χ4v) is 2.12. The van der Waals surface area contributed by atoms with Gasteiger partial charge in [0.1, 0.15) is 0 Å². The maximum Gasteiger partial charge on any atom is 0.0102 e. The molecule has 0 aromatic carbocycles. The zero-order valence-electron chi connectivity index (χ0n) is 10.5. The van der Waals surface area contributed by atoms with Crippen LogP contribution in [-0.2, 0) is 0 Å². The predicted octanol–water partition coefficient (Wildman–Crippen LogP) is 2.10. The first-order chi connectivity index (χ1) is 7.16. The average molecular weight is 210 g/mol. The summed E-state index contributed by atoms with van der Waals surface area (Å²) in [6.07, 6.45) is 5.73. The molecule has 0 aliphatic heterocycles. The smallest absolute Gasteiger partial charge is 0.0102 e. The van der Waals surface area contributed by atoms with E-state index in [0.717, 1.165) is 23.9 Å². The number of hydrogen-bond acceptors (Lipinski definition) is 2. The van der Waals surface area contributed by atoms with Gasteiger partial charge in [-0.05, 0) is 58.0 Å². The van der Waals surface area contributed by atoms with Gasteiger partial charge in [0.25, 0.3) is 0 Å². The molecule has 15 heavy (non-hydrogen) atoms. The van der Waals surface area contributed by atoms with E-state index in [-0.39, 0.29) is 0 Å². The van der Waals surface area contributed by atoms with Crippen LogP contribution in [0.4, 0.5) is 0 Å². The van der Waals surface area contributed by atoms with E-state index in [0.29, 0.717) is 0 Å². The van der Waals surface area contributed by atoms with Crippen molar-refractivity contribution in [2.75, 3.05) is 20.1 Å². The van der Waals surface area contributed by atoms with E-state index in [2.05, 4.69) is 31.1 Å². The van der Waals surface area contributed by atoms with Crippen LogP contribution in [0.1, 0.15) is 39.5 Å². The molecule has 0 spiro atoms. The van der Waals surface area contributed by atoms with E-state index in [1.165, 1.54) is 38.8 Å². The summed E-state index contributed by atoms with van der Waals surface area (Å²) in [5, 5.41) is 3.63. The second kappa shape index (κ2) is 4.84. The van der Waals surface area contributed by atoms with Crippen molar-refractivity contribution in [1.29, 1.82) is 0 Å². The van der Waals surface area contributed by atoms with Gasteiger partial charge < -0.3 is 10.2 Å². The van der Waals surface area contributed by atoms with Gasteiger partial charge in [0.05, 0.1) is 0 Å². The molecule has 0 aromatic heterocycles. The molecule has 0 radical (unpaired) electrons. The topological polar surface area (TPSA) is 15.3 Å². The Labute approximate surface area is 94.4 Å². The van der Waals surface area contributed by atoms with Crippen molar-refractivity contribution in [3.05, 3.63) is 0 Å². The third-order valence-electron chi connectivity index (χ3n) is 4.07. The Morgan fingerprint density at radius 1 is 1.20 bits per heavy atom. The summed E-state index contributed by atoms with van der Waals surface area (Å²) in [5.74, 6) is 1.79. The molecule has 2 aliphatic carbocycles. The lowest BCUT2D eigenvalue weighted by Crippen LogP contribution is -2.40. The van der Waals surface area contributed by atoms with Gasteiger partial charge in [-0.3, -0.25) is 0 Å². The van der Waals surface area contributed by atoms with E-state index in [1.807, 2.05) is 0 Å². The van der Waals surface area contributed by atoms with Crippen LogP contribution < -0.4 is 5.32 Å². The molecule has 2 atom stereocenters. The Morgan fingerprint density at radius 3 is 2.40 bits per heavy atom. The molecule has 0 saturated heterocycles. The first kappa shape index (κ1) is 11.4. The first-order valence-electron chi connectivity index (χ1n) is 6.60. The van der Waals surface area contributed by atoms with Crippen molar-refractivity contribution in [2.45, 2.75) is 51.6 Å². The summed E-state index contributed by atoms with van der Waals surface area (Å²) >= 11 is 0. The minimum absolute atomic E-state index is 0.719. The molecule has 2 unspecified atom stereocenters. The SMILES string of the molecule is CC(CNC1CC1)C(C)N(C)CC1CC1. The number of hydrogen-bond donors (Lipinski definition) is 1. The van der Waals surface area contributed by atoms with Crippen LogP contribution in [-0.4, -0.2) is 37.1 Å². The molecule has 0 heterocycles. The monoisotopic (exact) mass is 210 g/mol. The summed E-state index contributed by atoms with van der Waals surface area (Å²) in [6, 6.07) is 1.57. The van der Waals surface area contributed by atoms with Gasteiger partial charge in [0.15, 0.2) is 0 Å². The van der Waals surface area contributed by atoms with Crippen molar-refractivity contribution < 1.29 is 0 Å². The van der Waals surface area contributed by atoms with E-state index < -0.39 is 0 Å². The van der Waals surface area contributed by atoms with Crippen molar-refractivity contribution in [3.63, 3.8) is 0 Å². The molecule has 2 aliphatic rings. The van der Waals surface area contributed by atoms with Gasteiger partial charge in [0.2, 0.25) is 0 Å². The maximum absolute atomic E-state index is 3.63. The van der Waals surface area contributed by atoms with Gasteiger partial charge in [0, 0.05) is 18.6 Å². The molecule has 88 valence electrons. The third kappa shape index (κ3) is 3.76. The second-order valence-electron chi connectivity index (χ2n) is 5.78. The Hall–Kier alpha value is -0.0800. The van der Waals surface area contributed by atoms with Gasteiger partial charge in [-0.1, -0.05) is 6.92 Å². The predicted molar refractivity (Wildman–Crippen MR) is 65.0 cm³/mol. The lowest BCUT2D eigenvalue weighted by atomic mass is 10.0. The van der Waals surface area contributed by atoms with Crippen LogP contribution in [0.3, 0.4) is 0 Å². The minimum Gasteiger partial charge on any atom is -0.314 e. The Kier molecular flexibility index (Phi) is 3.68. The second-order valence-corrected chi connectivity index (χ2v) is 5.78. The molecule has 0 aromatic rings. The van der Waals surface area contributed by atoms with E-state index in [1.54, 1.807) is 0 Å². The largest absolute Gasteiger partial charge is 0.314 e. The Bertz CT molecular complexity index is 197. The fourth-order valence-electron chi connectivity index (χ4n) is 2.12. The highest BCUT2D eigenvalue weighted by molar-refractivity contribution is 4.84. The van der Waals surface area contributed by atoms with Crippen molar-refractivity contribution in [2.24, 2.45) is 11.8 Å². The highest BCUT2D eigenvalue weighted by Crippen LogP contribution is 2.30. The third-order valence-corrected chi connectivity index (χ3v) is 4.07. The summed E-state index contributed by atoms with van der Waals surface area (Å²) < 4.78 is 0. The zero-order chi connectivity index (χ0) is 10.8. The minimum atomic E-state index is 0.719.